The van der Waals surface area contributed by atoms with E-state index in [9.17, 15) is 19.8 Å². The van der Waals surface area contributed by atoms with Gasteiger partial charge in [-0.05, 0) is 31.0 Å². The first-order chi connectivity index (χ1) is 12.9. The fourth-order valence-corrected chi connectivity index (χ4v) is 3.23. The van der Waals surface area contributed by atoms with Gasteiger partial charge in [-0.25, -0.2) is 5.43 Å². The maximum atomic E-state index is 12.5. The number of nitrogens with one attached hydrogen (secondary N) is 2. The Bertz CT molecular complexity index is 909. The standard InChI is InChI=1S/C20H21N3O4/c1-11-8-16(24)12(2)18(25)14(11)10-22-23-20(27)17-15(9-21-19(17)26)13-6-4-3-5-7-13/h3-8,10,15,17,24-25H,9H2,1-2H3,(H,21,26)(H,23,27)/b22-10+/t15-,17-/m0/s1. The summed E-state index contributed by atoms with van der Waals surface area (Å²) in [5.74, 6) is -2.11. The first-order valence-electron chi connectivity index (χ1n) is 8.58. The zero-order valence-electron chi connectivity index (χ0n) is 15.1. The highest BCUT2D eigenvalue weighted by atomic mass is 16.3. The lowest BCUT2D eigenvalue weighted by atomic mass is 9.88. The second-order valence-corrected chi connectivity index (χ2v) is 6.57. The number of carbonyl (C=O) groups excluding carboxylic acids is 2. The van der Waals surface area contributed by atoms with Crippen LogP contribution >= 0.6 is 0 Å². The van der Waals surface area contributed by atoms with Gasteiger partial charge in [0, 0.05) is 23.6 Å². The zero-order valence-corrected chi connectivity index (χ0v) is 15.1. The van der Waals surface area contributed by atoms with Gasteiger partial charge < -0.3 is 15.5 Å². The quantitative estimate of drug-likeness (QED) is 0.374. The number of hydrogen-bond donors (Lipinski definition) is 4. The number of benzene rings is 2. The van der Waals surface area contributed by atoms with Gasteiger partial charge in [-0.3, -0.25) is 9.59 Å². The van der Waals surface area contributed by atoms with Crippen LogP contribution in [0.4, 0.5) is 0 Å². The number of nitrogens with zero attached hydrogens (tertiary/aromatic N) is 1. The Morgan fingerprint density at radius 2 is 1.96 bits per heavy atom. The van der Waals surface area contributed by atoms with E-state index in [4.69, 9.17) is 0 Å². The van der Waals surface area contributed by atoms with Crippen LogP contribution in [0.3, 0.4) is 0 Å². The summed E-state index contributed by atoms with van der Waals surface area (Å²) in [6.07, 6.45) is 1.30. The molecule has 1 aliphatic rings. The summed E-state index contributed by atoms with van der Waals surface area (Å²) >= 11 is 0. The minimum absolute atomic E-state index is 0.0143. The van der Waals surface area contributed by atoms with Crippen molar-refractivity contribution in [3.05, 3.63) is 58.7 Å². The molecule has 0 bridgehead atoms. The number of rotatable bonds is 4. The third-order valence-corrected chi connectivity index (χ3v) is 4.83. The summed E-state index contributed by atoms with van der Waals surface area (Å²) in [5, 5.41) is 26.5. The Morgan fingerprint density at radius 1 is 1.26 bits per heavy atom. The molecule has 2 amide bonds. The van der Waals surface area contributed by atoms with Crippen molar-refractivity contribution in [2.24, 2.45) is 11.0 Å². The van der Waals surface area contributed by atoms with Crippen LogP contribution in [-0.4, -0.2) is 34.8 Å². The van der Waals surface area contributed by atoms with Crippen molar-refractivity contribution in [3.63, 3.8) is 0 Å². The molecule has 0 radical (unpaired) electrons. The lowest BCUT2D eigenvalue weighted by Crippen LogP contribution is -2.34. The SMILES string of the molecule is Cc1cc(O)c(C)c(O)c1/C=N/NC(=O)[C@@H]1C(=O)NC[C@H]1c1ccccc1. The normalized spacial score (nSPS) is 19.3. The van der Waals surface area contributed by atoms with Gasteiger partial charge in [0.05, 0.1) is 6.21 Å². The van der Waals surface area contributed by atoms with Gasteiger partial charge in [0.1, 0.15) is 17.4 Å². The minimum Gasteiger partial charge on any atom is -0.508 e. The number of phenolic OH excluding ortho intramolecular Hbond substituents is 2. The van der Waals surface area contributed by atoms with E-state index in [-0.39, 0.29) is 23.3 Å². The van der Waals surface area contributed by atoms with E-state index >= 15 is 0 Å². The zero-order chi connectivity index (χ0) is 19.6. The van der Waals surface area contributed by atoms with Crippen LogP contribution in [0, 0.1) is 19.8 Å². The van der Waals surface area contributed by atoms with Crippen LogP contribution in [0.2, 0.25) is 0 Å². The van der Waals surface area contributed by atoms with Crippen LogP contribution in [0.1, 0.15) is 28.2 Å². The first kappa shape index (κ1) is 18.4. The van der Waals surface area contributed by atoms with E-state index in [0.717, 1.165) is 5.56 Å². The molecule has 2 aromatic rings. The molecule has 0 unspecified atom stereocenters. The topological polar surface area (TPSA) is 111 Å². The number of phenols is 2. The van der Waals surface area contributed by atoms with Crippen LogP contribution in [0.25, 0.3) is 0 Å². The minimum atomic E-state index is -0.874. The molecule has 1 aliphatic heterocycles. The second kappa shape index (κ2) is 7.49. The number of aryl methyl sites for hydroxylation is 1. The Hall–Kier alpha value is -3.35. The van der Waals surface area contributed by atoms with Crippen molar-refractivity contribution in [3.8, 4) is 11.5 Å². The second-order valence-electron chi connectivity index (χ2n) is 6.57. The predicted molar refractivity (Wildman–Crippen MR) is 101 cm³/mol. The average Bonchev–Trinajstić information content (AvgIpc) is 3.05. The third kappa shape index (κ3) is 3.62. The fourth-order valence-electron chi connectivity index (χ4n) is 3.23. The Balaban J connectivity index is 1.76. The summed E-state index contributed by atoms with van der Waals surface area (Å²) in [4.78, 5) is 24.7. The van der Waals surface area contributed by atoms with E-state index in [1.165, 1.54) is 12.3 Å². The molecule has 140 valence electrons. The lowest BCUT2D eigenvalue weighted by Gasteiger charge is -2.15. The highest BCUT2D eigenvalue weighted by molar-refractivity contribution is 6.03. The number of hydrogen-bond acceptors (Lipinski definition) is 5. The Morgan fingerprint density at radius 3 is 2.67 bits per heavy atom. The molecule has 4 N–H and O–H groups in total. The molecule has 0 aliphatic carbocycles. The summed E-state index contributed by atoms with van der Waals surface area (Å²) in [5.41, 5.74) is 4.62. The molecule has 3 rings (SSSR count). The molecule has 7 nitrogen and oxygen atoms in total. The number of carbonyl (C=O) groups is 2. The fraction of sp³-hybridized carbons (Fsp3) is 0.250. The monoisotopic (exact) mass is 367 g/mol. The van der Waals surface area contributed by atoms with Gasteiger partial charge in [-0.2, -0.15) is 5.10 Å². The van der Waals surface area contributed by atoms with Gasteiger partial charge >= 0.3 is 0 Å². The number of hydrazone groups is 1. The van der Waals surface area contributed by atoms with Crippen LogP contribution in [0.15, 0.2) is 41.5 Å². The molecular formula is C20H21N3O4. The molecular weight excluding hydrogens is 346 g/mol. The Labute approximate surface area is 156 Å². The van der Waals surface area contributed by atoms with Gasteiger partial charge in [0.2, 0.25) is 5.91 Å². The molecule has 1 saturated heterocycles. The van der Waals surface area contributed by atoms with Crippen molar-refractivity contribution in [2.75, 3.05) is 6.54 Å². The van der Waals surface area contributed by atoms with Crippen molar-refractivity contribution < 1.29 is 19.8 Å². The third-order valence-electron chi connectivity index (χ3n) is 4.83. The van der Waals surface area contributed by atoms with E-state index in [1.54, 1.807) is 13.8 Å². The van der Waals surface area contributed by atoms with Crippen LogP contribution in [-0.2, 0) is 9.59 Å². The maximum Gasteiger partial charge on any atom is 0.253 e. The first-order valence-corrected chi connectivity index (χ1v) is 8.58. The van der Waals surface area contributed by atoms with Crippen molar-refractivity contribution in [1.29, 1.82) is 0 Å². The average molecular weight is 367 g/mol. The number of amides is 2. The summed E-state index contributed by atoms with van der Waals surface area (Å²) in [6.45, 7) is 3.67. The molecule has 27 heavy (non-hydrogen) atoms. The van der Waals surface area contributed by atoms with Crippen molar-refractivity contribution in [2.45, 2.75) is 19.8 Å². The van der Waals surface area contributed by atoms with Gasteiger partial charge in [0.25, 0.3) is 5.91 Å². The number of aromatic hydroxyl groups is 2. The molecule has 7 heteroatoms. The Kier molecular flexibility index (Phi) is 5.12. The molecule has 2 aromatic carbocycles. The highest BCUT2D eigenvalue weighted by Gasteiger charge is 2.40. The maximum absolute atomic E-state index is 12.5. The molecule has 0 saturated carbocycles. The lowest BCUT2D eigenvalue weighted by molar-refractivity contribution is -0.133. The van der Waals surface area contributed by atoms with Crippen LogP contribution < -0.4 is 10.7 Å². The van der Waals surface area contributed by atoms with Gasteiger partial charge in [-0.15, -0.1) is 0 Å². The molecule has 1 fully saturated rings. The molecule has 0 spiro atoms. The van der Waals surface area contributed by atoms with E-state index in [2.05, 4.69) is 15.8 Å². The van der Waals surface area contributed by atoms with E-state index in [1.807, 2.05) is 30.3 Å². The van der Waals surface area contributed by atoms with E-state index < -0.39 is 11.8 Å². The highest BCUT2D eigenvalue weighted by Crippen LogP contribution is 2.31. The van der Waals surface area contributed by atoms with Crippen LogP contribution in [0.5, 0.6) is 11.5 Å². The predicted octanol–water partition coefficient (Wildman–Crippen LogP) is 1.69. The molecule has 0 aromatic heterocycles. The van der Waals surface area contributed by atoms with Crippen molar-refractivity contribution in [1.82, 2.24) is 10.7 Å². The van der Waals surface area contributed by atoms with Gasteiger partial charge in [-0.1, -0.05) is 30.3 Å². The molecule has 2 atom stereocenters. The largest absolute Gasteiger partial charge is 0.508 e. The smallest absolute Gasteiger partial charge is 0.253 e. The van der Waals surface area contributed by atoms with E-state index in [0.29, 0.717) is 23.2 Å². The summed E-state index contributed by atoms with van der Waals surface area (Å²) < 4.78 is 0. The van der Waals surface area contributed by atoms with Crippen molar-refractivity contribution >= 4 is 18.0 Å². The van der Waals surface area contributed by atoms with Gasteiger partial charge in [0.15, 0.2) is 0 Å². The summed E-state index contributed by atoms with van der Waals surface area (Å²) in [6, 6.07) is 10.9. The summed E-state index contributed by atoms with van der Waals surface area (Å²) in [7, 11) is 0. The molecule has 1 heterocycles.